The lowest BCUT2D eigenvalue weighted by atomic mass is 10.2. The Balaban J connectivity index is 1.93. The predicted molar refractivity (Wildman–Crippen MR) is 89.8 cm³/mol. The molecule has 0 aliphatic rings. The van der Waals surface area contributed by atoms with E-state index in [1.165, 1.54) is 6.92 Å². The highest BCUT2D eigenvalue weighted by Crippen LogP contribution is 2.13. The lowest BCUT2D eigenvalue weighted by molar-refractivity contribution is -0.130. The number of para-hydroxylation sites is 1. The number of anilines is 1. The van der Waals surface area contributed by atoms with Crippen LogP contribution in [0.2, 0.25) is 0 Å². The lowest BCUT2D eigenvalue weighted by Gasteiger charge is -2.23. The fourth-order valence-electron chi connectivity index (χ4n) is 2.25. The van der Waals surface area contributed by atoms with Crippen molar-refractivity contribution in [3.63, 3.8) is 0 Å². The minimum Gasteiger partial charge on any atom is -0.338 e. The Morgan fingerprint density at radius 2 is 1.70 bits per heavy atom. The number of amides is 2. The van der Waals surface area contributed by atoms with Crippen molar-refractivity contribution in [1.82, 2.24) is 9.88 Å². The van der Waals surface area contributed by atoms with Gasteiger partial charge in [0.1, 0.15) is 0 Å². The van der Waals surface area contributed by atoms with E-state index in [1.54, 1.807) is 29.2 Å². The van der Waals surface area contributed by atoms with E-state index in [2.05, 4.69) is 4.98 Å². The van der Waals surface area contributed by atoms with E-state index >= 15 is 0 Å². The fourth-order valence-corrected chi connectivity index (χ4v) is 2.25. The summed E-state index contributed by atoms with van der Waals surface area (Å²) < 4.78 is 0. The van der Waals surface area contributed by atoms with E-state index in [1.807, 2.05) is 42.5 Å². The number of carbonyl (C=O) groups excluding carboxylic acids is 2. The van der Waals surface area contributed by atoms with Crippen LogP contribution in [0.1, 0.15) is 18.9 Å². The average Bonchev–Trinajstić information content (AvgIpc) is 2.59. The third kappa shape index (κ3) is 4.92. The standard InChI is InChI=1S/C18H21N3O2/c1-15(22)21(14-16-8-11-19-12-9-16)13-10-18(23)20(2)17-6-4-3-5-7-17/h3-9,11-12H,10,13-14H2,1-2H3. The van der Waals surface area contributed by atoms with Gasteiger partial charge in [0, 0.05) is 51.6 Å². The summed E-state index contributed by atoms with van der Waals surface area (Å²) >= 11 is 0. The molecule has 0 fully saturated rings. The molecule has 2 rings (SSSR count). The number of nitrogens with zero attached hydrogens (tertiary/aromatic N) is 3. The molecule has 5 heteroatoms. The van der Waals surface area contributed by atoms with Crippen molar-refractivity contribution in [3.05, 3.63) is 60.4 Å². The number of benzene rings is 1. The molecule has 0 radical (unpaired) electrons. The summed E-state index contributed by atoms with van der Waals surface area (Å²) in [4.78, 5) is 31.3. The first-order valence-corrected chi connectivity index (χ1v) is 7.54. The Morgan fingerprint density at radius 3 is 2.30 bits per heavy atom. The second kappa shape index (κ2) is 8.08. The van der Waals surface area contributed by atoms with Crippen LogP contribution in [0.25, 0.3) is 0 Å². The smallest absolute Gasteiger partial charge is 0.228 e. The van der Waals surface area contributed by atoms with E-state index in [-0.39, 0.29) is 18.2 Å². The molecule has 5 nitrogen and oxygen atoms in total. The van der Waals surface area contributed by atoms with Gasteiger partial charge in [0.2, 0.25) is 11.8 Å². The number of rotatable bonds is 6. The summed E-state index contributed by atoms with van der Waals surface area (Å²) in [5.74, 6) is -0.0610. The zero-order chi connectivity index (χ0) is 16.7. The molecule has 2 aromatic rings. The molecule has 2 amide bonds. The molecule has 0 atom stereocenters. The van der Waals surface area contributed by atoms with Crippen LogP contribution in [-0.4, -0.2) is 35.3 Å². The summed E-state index contributed by atoms with van der Waals surface area (Å²) in [6.07, 6.45) is 3.68. The molecule has 120 valence electrons. The van der Waals surface area contributed by atoms with Crippen molar-refractivity contribution in [1.29, 1.82) is 0 Å². The van der Waals surface area contributed by atoms with Gasteiger partial charge >= 0.3 is 0 Å². The van der Waals surface area contributed by atoms with Crippen molar-refractivity contribution in [2.45, 2.75) is 19.9 Å². The molecule has 23 heavy (non-hydrogen) atoms. The third-order valence-electron chi connectivity index (χ3n) is 3.68. The van der Waals surface area contributed by atoms with Crippen LogP contribution >= 0.6 is 0 Å². The Hall–Kier alpha value is -2.69. The molecule has 1 aromatic carbocycles. The Labute approximate surface area is 136 Å². The summed E-state index contributed by atoms with van der Waals surface area (Å²) in [7, 11) is 1.75. The largest absolute Gasteiger partial charge is 0.338 e. The molecular weight excluding hydrogens is 290 g/mol. The normalized spacial score (nSPS) is 10.2. The van der Waals surface area contributed by atoms with Gasteiger partial charge < -0.3 is 9.80 Å². The number of aromatic nitrogens is 1. The maximum atomic E-state index is 12.3. The van der Waals surface area contributed by atoms with E-state index in [9.17, 15) is 9.59 Å². The minimum atomic E-state index is -0.0445. The van der Waals surface area contributed by atoms with Crippen LogP contribution in [0.4, 0.5) is 5.69 Å². The average molecular weight is 311 g/mol. The van der Waals surface area contributed by atoms with Crippen LogP contribution in [0.15, 0.2) is 54.9 Å². The summed E-state index contributed by atoms with van der Waals surface area (Å²) in [6.45, 7) is 2.40. The van der Waals surface area contributed by atoms with Crippen LogP contribution in [0.3, 0.4) is 0 Å². The molecule has 0 spiro atoms. The molecule has 0 aliphatic carbocycles. The quantitative estimate of drug-likeness (QED) is 0.823. The second-order valence-electron chi connectivity index (χ2n) is 5.33. The monoisotopic (exact) mass is 311 g/mol. The van der Waals surface area contributed by atoms with Crippen molar-refractivity contribution in [2.75, 3.05) is 18.5 Å². The van der Waals surface area contributed by atoms with E-state index in [4.69, 9.17) is 0 Å². The van der Waals surface area contributed by atoms with Crippen molar-refractivity contribution in [3.8, 4) is 0 Å². The highest BCUT2D eigenvalue weighted by molar-refractivity contribution is 5.93. The Kier molecular flexibility index (Phi) is 5.86. The molecule has 0 bridgehead atoms. The number of carbonyl (C=O) groups is 2. The first-order chi connectivity index (χ1) is 11.1. The van der Waals surface area contributed by atoms with Crippen LogP contribution in [-0.2, 0) is 16.1 Å². The highest BCUT2D eigenvalue weighted by Gasteiger charge is 2.15. The number of pyridine rings is 1. The molecular formula is C18H21N3O2. The van der Waals surface area contributed by atoms with Crippen molar-refractivity contribution < 1.29 is 9.59 Å². The zero-order valence-corrected chi connectivity index (χ0v) is 13.5. The predicted octanol–water partition coefficient (Wildman–Crippen LogP) is 2.48. The maximum absolute atomic E-state index is 12.3. The Morgan fingerprint density at radius 1 is 1.04 bits per heavy atom. The van der Waals surface area contributed by atoms with Gasteiger partial charge in [-0.2, -0.15) is 0 Å². The van der Waals surface area contributed by atoms with Crippen LogP contribution < -0.4 is 4.90 Å². The maximum Gasteiger partial charge on any atom is 0.228 e. The number of hydrogen-bond acceptors (Lipinski definition) is 3. The first kappa shape index (κ1) is 16.7. The van der Waals surface area contributed by atoms with Gasteiger partial charge in [0.15, 0.2) is 0 Å². The van der Waals surface area contributed by atoms with Crippen molar-refractivity contribution >= 4 is 17.5 Å². The second-order valence-corrected chi connectivity index (χ2v) is 5.33. The molecule has 1 heterocycles. The van der Waals surface area contributed by atoms with Gasteiger partial charge in [-0.25, -0.2) is 0 Å². The van der Waals surface area contributed by atoms with Crippen LogP contribution in [0.5, 0.6) is 0 Å². The molecule has 0 saturated carbocycles. The molecule has 0 aliphatic heterocycles. The Bertz CT molecular complexity index is 644. The van der Waals surface area contributed by atoms with Gasteiger partial charge in [0.25, 0.3) is 0 Å². The van der Waals surface area contributed by atoms with E-state index < -0.39 is 0 Å². The molecule has 0 N–H and O–H groups in total. The van der Waals surface area contributed by atoms with Crippen LogP contribution in [0, 0.1) is 0 Å². The van der Waals surface area contributed by atoms with Gasteiger partial charge in [-0.15, -0.1) is 0 Å². The van der Waals surface area contributed by atoms with Gasteiger partial charge in [0.05, 0.1) is 0 Å². The fraction of sp³-hybridized carbons (Fsp3) is 0.278. The van der Waals surface area contributed by atoms with Gasteiger partial charge in [-0.1, -0.05) is 18.2 Å². The topological polar surface area (TPSA) is 53.5 Å². The molecule has 0 unspecified atom stereocenters. The molecule has 0 saturated heterocycles. The molecule has 1 aromatic heterocycles. The SMILES string of the molecule is CC(=O)N(CCC(=O)N(C)c1ccccc1)Cc1ccncc1. The lowest BCUT2D eigenvalue weighted by Crippen LogP contribution is -2.34. The summed E-state index contributed by atoms with van der Waals surface area (Å²) in [5.41, 5.74) is 1.85. The van der Waals surface area contributed by atoms with E-state index in [0.29, 0.717) is 13.1 Å². The summed E-state index contributed by atoms with van der Waals surface area (Å²) in [6, 6.07) is 13.2. The minimum absolute atomic E-state index is 0.0165. The van der Waals surface area contributed by atoms with Gasteiger partial charge in [-0.05, 0) is 29.8 Å². The summed E-state index contributed by atoms with van der Waals surface area (Å²) in [5, 5.41) is 0. The third-order valence-corrected chi connectivity index (χ3v) is 3.68. The van der Waals surface area contributed by atoms with Crippen molar-refractivity contribution in [2.24, 2.45) is 0 Å². The highest BCUT2D eigenvalue weighted by atomic mass is 16.2. The number of hydrogen-bond donors (Lipinski definition) is 0. The van der Waals surface area contributed by atoms with E-state index in [0.717, 1.165) is 11.3 Å². The van der Waals surface area contributed by atoms with Gasteiger partial charge in [-0.3, -0.25) is 14.6 Å². The zero-order valence-electron chi connectivity index (χ0n) is 13.5. The first-order valence-electron chi connectivity index (χ1n) is 7.54.